The van der Waals surface area contributed by atoms with Crippen molar-refractivity contribution in [2.24, 2.45) is 0 Å². The van der Waals surface area contributed by atoms with E-state index in [-0.39, 0.29) is 6.10 Å². The van der Waals surface area contributed by atoms with E-state index in [1.54, 1.807) is 0 Å². The predicted molar refractivity (Wildman–Crippen MR) is 106 cm³/mol. The molecule has 0 heterocycles. The maximum atomic E-state index is 5.99. The van der Waals surface area contributed by atoms with E-state index < -0.39 is 0 Å². The van der Waals surface area contributed by atoms with Gasteiger partial charge in [-0.3, -0.25) is 0 Å². The summed E-state index contributed by atoms with van der Waals surface area (Å²) in [5.41, 5.74) is 0. The first-order valence-corrected chi connectivity index (χ1v) is 10.8. The van der Waals surface area contributed by atoms with Crippen molar-refractivity contribution in [1.29, 1.82) is 0 Å². The summed E-state index contributed by atoms with van der Waals surface area (Å²) in [6, 6.07) is 0. The molecular formula is C20H42ClNO2. The van der Waals surface area contributed by atoms with Gasteiger partial charge in [0.25, 0.3) is 0 Å². The fourth-order valence-electron chi connectivity index (χ4n) is 2.67. The third kappa shape index (κ3) is 15.7. The lowest BCUT2D eigenvalue weighted by molar-refractivity contribution is 0.00507. The van der Waals surface area contributed by atoms with Crippen molar-refractivity contribution in [3.05, 3.63) is 0 Å². The SMILES string of the molecule is CCCCCC[C@H](CCl)OCCOCCN(CCCC)CCCC. The average Bonchev–Trinajstić information content (AvgIpc) is 2.61. The molecule has 0 bridgehead atoms. The smallest absolute Gasteiger partial charge is 0.0711 e. The number of alkyl halides is 1. The summed E-state index contributed by atoms with van der Waals surface area (Å²) in [6.07, 6.45) is 11.4. The first-order valence-electron chi connectivity index (χ1n) is 10.3. The van der Waals surface area contributed by atoms with Gasteiger partial charge in [-0.15, -0.1) is 11.6 Å². The van der Waals surface area contributed by atoms with Crippen LogP contribution in [-0.2, 0) is 9.47 Å². The summed E-state index contributed by atoms with van der Waals surface area (Å²) >= 11 is 5.99. The van der Waals surface area contributed by atoms with E-state index in [9.17, 15) is 0 Å². The van der Waals surface area contributed by atoms with E-state index >= 15 is 0 Å². The van der Waals surface area contributed by atoms with Crippen molar-refractivity contribution in [1.82, 2.24) is 4.90 Å². The van der Waals surface area contributed by atoms with Gasteiger partial charge in [-0.2, -0.15) is 0 Å². The van der Waals surface area contributed by atoms with Gasteiger partial charge in [0.1, 0.15) is 0 Å². The lowest BCUT2D eigenvalue weighted by Gasteiger charge is -2.22. The highest BCUT2D eigenvalue weighted by Gasteiger charge is 2.07. The van der Waals surface area contributed by atoms with Gasteiger partial charge in [0.2, 0.25) is 0 Å². The zero-order valence-corrected chi connectivity index (χ0v) is 17.3. The first-order chi connectivity index (χ1) is 11.8. The molecule has 0 saturated heterocycles. The summed E-state index contributed by atoms with van der Waals surface area (Å²) in [7, 11) is 0. The molecule has 0 N–H and O–H groups in total. The number of halogens is 1. The molecule has 0 fully saturated rings. The standard InChI is InChI=1S/C20H42ClNO2/c1-4-7-10-11-12-20(19-21)24-18-17-23-16-15-22(13-8-5-2)14-9-6-3/h20H,4-19H2,1-3H3/t20-/m1/s1. The maximum absolute atomic E-state index is 5.99. The largest absolute Gasteiger partial charge is 0.378 e. The molecule has 0 saturated carbocycles. The van der Waals surface area contributed by atoms with Gasteiger partial charge in [0.15, 0.2) is 0 Å². The molecule has 1 atom stereocenters. The lowest BCUT2D eigenvalue weighted by atomic mass is 10.1. The zero-order valence-electron chi connectivity index (χ0n) is 16.5. The predicted octanol–water partition coefficient (Wildman–Crippen LogP) is 5.50. The summed E-state index contributed by atoms with van der Waals surface area (Å²) in [5, 5.41) is 0. The van der Waals surface area contributed by atoms with Gasteiger partial charge >= 0.3 is 0 Å². The molecule has 0 radical (unpaired) electrons. The monoisotopic (exact) mass is 363 g/mol. The molecule has 0 aromatic carbocycles. The third-order valence-corrected chi connectivity index (χ3v) is 4.68. The lowest BCUT2D eigenvalue weighted by Crippen LogP contribution is -2.30. The Bertz CT molecular complexity index is 234. The number of hydrogen-bond acceptors (Lipinski definition) is 3. The fourth-order valence-corrected chi connectivity index (χ4v) is 2.92. The quantitative estimate of drug-likeness (QED) is 0.223. The molecule has 0 aliphatic heterocycles. The van der Waals surface area contributed by atoms with Gasteiger partial charge in [0.05, 0.1) is 25.9 Å². The van der Waals surface area contributed by atoms with Crippen molar-refractivity contribution < 1.29 is 9.47 Å². The molecule has 0 aliphatic carbocycles. The van der Waals surface area contributed by atoms with Crippen LogP contribution in [0.4, 0.5) is 0 Å². The third-order valence-electron chi connectivity index (χ3n) is 4.34. The second-order valence-electron chi connectivity index (χ2n) is 6.66. The maximum Gasteiger partial charge on any atom is 0.0711 e. The summed E-state index contributed by atoms with van der Waals surface area (Å²) < 4.78 is 11.6. The van der Waals surface area contributed by atoms with Gasteiger partial charge in [-0.1, -0.05) is 59.3 Å². The van der Waals surface area contributed by atoms with Crippen molar-refractivity contribution in [3.8, 4) is 0 Å². The van der Waals surface area contributed by atoms with E-state index in [1.165, 1.54) is 64.5 Å². The fraction of sp³-hybridized carbons (Fsp3) is 1.00. The van der Waals surface area contributed by atoms with Crippen LogP contribution in [-0.4, -0.2) is 56.3 Å². The molecule has 3 nitrogen and oxygen atoms in total. The van der Waals surface area contributed by atoms with Crippen LogP contribution < -0.4 is 0 Å². The molecule has 0 amide bonds. The normalized spacial score (nSPS) is 12.9. The van der Waals surface area contributed by atoms with Gasteiger partial charge in [-0.25, -0.2) is 0 Å². The number of nitrogens with zero attached hydrogens (tertiary/aromatic N) is 1. The summed E-state index contributed by atoms with van der Waals surface area (Å²) in [5.74, 6) is 0.591. The minimum Gasteiger partial charge on any atom is -0.378 e. The van der Waals surface area contributed by atoms with Crippen LogP contribution in [0.3, 0.4) is 0 Å². The topological polar surface area (TPSA) is 21.7 Å². The second kappa shape index (κ2) is 19.5. The highest BCUT2D eigenvalue weighted by atomic mass is 35.5. The Morgan fingerprint density at radius 3 is 2.00 bits per heavy atom. The van der Waals surface area contributed by atoms with Crippen LogP contribution >= 0.6 is 11.6 Å². The van der Waals surface area contributed by atoms with Crippen LogP contribution in [0.5, 0.6) is 0 Å². The number of rotatable bonds is 19. The summed E-state index contributed by atoms with van der Waals surface area (Å²) in [6.45, 7) is 12.3. The minimum atomic E-state index is 0.192. The van der Waals surface area contributed by atoms with Gasteiger partial charge in [-0.05, 0) is 32.4 Å². The highest BCUT2D eigenvalue weighted by Crippen LogP contribution is 2.09. The van der Waals surface area contributed by atoms with Crippen molar-refractivity contribution in [2.45, 2.75) is 84.7 Å². The van der Waals surface area contributed by atoms with Crippen LogP contribution in [0, 0.1) is 0 Å². The minimum absolute atomic E-state index is 0.192. The molecule has 0 spiro atoms. The first kappa shape index (κ1) is 24.2. The van der Waals surface area contributed by atoms with E-state index in [0.29, 0.717) is 19.1 Å². The van der Waals surface area contributed by atoms with E-state index in [4.69, 9.17) is 21.1 Å². The molecule has 0 unspecified atom stereocenters. The van der Waals surface area contributed by atoms with Crippen LogP contribution in [0.25, 0.3) is 0 Å². The number of hydrogen-bond donors (Lipinski definition) is 0. The average molecular weight is 364 g/mol. The highest BCUT2D eigenvalue weighted by molar-refractivity contribution is 6.18. The Kier molecular flexibility index (Phi) is 19.6. The molecule has 0 aromatic rings. The van der Waals surface area contributed by atoms with Crippen LogP contribution in [0.2, 0.25) is 0 Å². The molecular weight excluding hydrogens is 322 g/mol. The Hall–Kier alpha value is 0.170. The Morgan fingerprint density at radius 1 is 0.750 bits per heavy atom. The second-order valence-corrected chi connectivity index (χ2v) is 6.97. The molecule has 4 heteroatoms. The van der Waals surface area contributed by atoms with Gasteiger partial charge < -0.3 is 14.4 Å². The molecule has 146 valence electrons. The number of ether oxygens (including phenoxy) is 2. The van der Waals surface area contributed by atoms with Crippen LogP contribution in [0.1, 0.15) is 78.6 Å². The van der Waals surface area contributed by atoms with Crippen molar-refractivity contribution in [3.63, 3.8) is 0 Å². The Morgan fingerprint density at radius 2 is 1.42 bits per heavy atom. The molecule has 24 heavy (non-hydrogen) atoms. The molecule has 0 rings (SSSR count). The van der Waals surface area contributed by atoms with Gasteiger partial charge in [0, 0.05) is 12.4 Å². The Labute approximate surface area is 156 Å². The van der Waals surface area contributed by atoms with E-state index in [2.05, 4.69) is 25.7 Å². The molecule has 0 aromatic heterocycles. The van der Waals surface area contributed by atoms with E-state index in [0.717, 1.165) is 19.6 Å². The van der Waals surface area contributed by atoms with E-state index in [1.807, 2.05) is 0 Å². The Balaban J connectivity index is 3.62. The molecule has 0 aliphatic rings. The number of unbranched alkanes of at least 4 members (excludes halogenated alkanes) is 5. The van der Waals surface area contributed by atoms with Crippen molar-refractivity contribution >= 4 is 11.6 Å². The van der Waals surface area contributed by atoms with Crippen molar-refractivity contribution in [2.75, 3.05) is 45.3 Å². The van der Waals surface area contributed by atoms with Crippen LogP contribution in [0.15, 0.2) is 0 Å². The summed E-state index contributed by atoms with van der Waals surface area (Å²) in [4.78, 5) is 2.53. The zero-order chi connectivity index (χ0) is 17.9.